The molecular formula is C19H27N3O5S3. The van der Waals surface area contributed by atoms with Gasteiger partial charge in [-0.1, -0.05) is 0 Å². The molecule has 0 amide bonds. The average molecular weight is 474 g/mol. The van der Waals surface area contributed by atoms with Crippen molar-refractivity contribution in [3.05, 3.63) is 33.7 Å². The zero-order valence-corrected chi connectivity index (χ0v) is 19.7. The Kier molecular flexibility index (Phi) is 6.12. The van der Waals surface area contributed by atoms with Gasteiger partial charge >= 0.3 is 0 Å². The molecule has 0 atom stereocenters. The third kappa shape index (κ3) is 4.23. The fourth-order valence-electron chi connectivity index (χ4n) is 3.99. The van der Waals surface area contributed by atoms with Crippen LogP contribution < -0.4 is 0 Å². The molecule has 0 spiro atoms. The van der Waals surface area contributed by atoms with Crippen molar-refractivity contribution in [2.24, 2.45) is 0 Å². The van der Waals surface area contributed by atoms with Crippen LogP contribution in [-0.4, -0.2) is 69.6 Å². The summed E-state index contributed by atoms with van der Waals surface area (Å²) >= 11 is 1.49. The lowest BCUT2D eigenvalue weighted by Gasteiger charge is -2.33. The van der Waals surface area contributed by atoms with Gasteiger partial charge in [-0.05, 0) is 44.9 Å². The third-order valence-electron chi connectivity index (χ3n) is 5.62. The maximum atomic E-state index is 13.0. The molecule has 0 N–H and O–H groups in total. The first-order valence-corrected chi connectivity index (χ1v) is 13.8. The van der Waals surface area contributed by atoms with Crippen molar-refractivity contribution in [2.75, 3.05) is 39.3 Å². The molecule has 2 aromatic rings. The Morgan fingerprint density at radius 3 is 2.13 bits per heavy atom. The largest absolute Gasteiger partial charge is 0.447 e. The van der Waals surface area contributed by atoms with E-state index in [9.17, 15) is 16.8 Å². The first-order valence-electron chi connectivity index (χ1n) is 10.1. The summed E-state index contributed by atoms with van der Waals surface area (Å²) in [6.07, 6.45) is 1.76. The second-order valence-corrected chi connectivity index (χ2v) is 13.0. The van der Waals surface area contributed by atoms with Crippen LogP contribution in [0, 0.1) is 13.8 Å². The molecule has 0 unspecified atom stereocenters. The van der Waals surface area contributed by atoms with E-state index in [0.29, 0.717) is 56.5 Å². The fraction of sp³-hybridized carbons (Fsp3) is 0.579. The lowest BCUT2D eigenvalue weighted by atomic mass is 10.3. The highest BCUT2D eigenvalue weighted by Gasteiger charge is 2.32. The summed E-state index contributed by atoms with van der Waals surface area (Å²) in [6.45, 7) is 7.22. The summed E-state index contributed by atoms with van der Waals surface area (Å²) in [5, 5.41) is -0.0103. The van der Waals surface area contributed by atoms with Gasteiger partial charge in [-0.25, -0.2) is 16.8 Å². The van der Waals surface area contributed by atoms with Crippen molar-refractivity contribution in [3.63, 3.8) is 0 Å². The Bertz CT molecular complexity index is 1110. The molecule has 0 bridgehead atoms. The maximum Gasteiger partial charge on any atom is 0.276 e. The van der Waals surface area contributed by atoms with Crippen LogP contribution in [0.2, 0.25) is 0 Å². The number of thiophene rings is 1. The van der Waals surface area contributed by atoms with E-state index in [4.69, 9.17) is 4.42 Å². The van der Waals surface area contributed by atoms with Crippen LogP contribution in [0.15, 0.2) is 32.6 Å². The fourth-order valence-corrected chi connectivity index (χ4v) is 8.38. The van der Waals surface area contributed by atoms with Crippen molar-refractivity contribution >= 4 is 31.4 Å². The molecular weight excluding hydrogens is 446 g/mol. The molecule has 166 valence electrons. The normalized spacial score (nSPS) is 20.2. The van der Waals surface area contributed by atoms with E-state index in [1.54, 1.807) is 12.1 Å². The minimum absolute atomic E-state index is 0.0103. The van der Waals surface area contributed by atoms with Crippen molar-refractivity contribution in [2.45, 2.75) is 43.2 Å². The van der Waals surface area contributed by atoms with Crippen LogP contribution in [0.5, 0.6) is 0 Å². The number of hydrogen-bond acceptors (Lipinski definition) is 7. The molecule has 4 heterocycles. The van der Waals surface area contributed by atoms with E-state index in [-0.39, 0.29) is 5.09 Å². The number of rotatable bonds is 6. The van der Waals surface area contributed by atoms with E-state index in [1.165, 1.54) is 26.0 Å². The molecule has 2 aliphatic heterocycles. The molecule has 2 aromatic heterocycles. The molecule has 0 radical (unpaired) electrons. The third-order valence-corrected chi connectivity index (χ3v) is 10.5. The van der Waals surface area contributed by atoms with Crippen LogP contribution in [0.1, 0.15) is 28.4 Å². The van der Waals surface area contributed by atoms with Crippen LogP contribution in [0.4, 0.5) is 0 Å². The molecule has 2 saturated heterocycles. The standard InChI is InChI=1S/C19H27N3O5S3/c1-15-13-18(16(2)28-15)29(23,24)22-11-9-20(10-12-22)14-17-5-6-19(27-17)30(25,26)21-7-3-4-8-21/h5-6,13H,3-4,7-12,14H2,1-2H3. The number of sulfonamides is 2. The Hall–Kier alpha value is -1.24. The van der Waals surface area contributed by atoms with E-state index in [2.05, 4.69) is 4.90 Å². The van der Waals surface area contributed by atoms with Crippen molar-refractivity contribution < 1.29 is 21.3 Å². The Balaban J connectivity index is 1.38. The highest BCUT2D eigenvalue weighted by molar-refractivity contribution is 7.89. The summed E-state index contributed by atoms with van der Waals surface area (Å²) in [6, 6.07) is 4.96. The van der Waals surface area contributed by atoms with Crippen molar-refractivity contribution in [1.82, 2.24) is 13.5 Å². The predicted octanol–water partition coefficient (Wildman–Crippen LogP) is 2.25. The molecule has 30 heavy (non-hydrogen) atoms. The number of aryl methyl sites for hydroxylation is 2. The molecule has 11 heteroatoms. The van der Waals surface area contributed by atoms with Crippen LogP contribution in [0.3, 0.4) is 0 Å². The van der Waals surface area contributed by atoms with E-state index >= 15 is 0 Å². The van der Waals surface area contributed by atoms with Crippen LogP contribution in [0.25, 0.3) is 0 Å². The van der Waals surface area contributed by atoms with Gasteiger partial charge in [-0.15, -0.1) is 11.3 Å². The lowest BCUT2D eigenvalue weighted by molar-refractivity contribution is 0.168. The first-order chi connectivity index (χ1) is 14.2. The first kappa shape index (κ1) is 22.0. The van der Waals surface area contributed by atoms with Gasteiger partial charge < -0.3 is 4.42 Å². The quantitative estimate of drug-likeness (QED) is 0.639. The highest BCUT2D eigenvalue weighted by atomic mass is 32.2. The molecule has 8 nitrogen and oxygen atoms in total. The lowest BCUT2D eigenvalue weighted by Crippen LogP contribution is -2.48. The zero-order valence-electron chi connectivity index (χ0n) is 17.2. The molecule has 4 rings (SSSR count). The predicted molar refractivity (Wildman–Crippen MR) is 115 cm³/mol. The molecule has 0 aromatic carbocycles. The van der Waals surface area contributed by atoms with E-state index in [0.717, 1.165) is 22.6 Å². The second-order valence-electron chi connectivity index (χ2n) is 7.79. The van der Waals surface area contributed by atoms with Gasteiger partial charge in [-0.2, -0.15) is 8.61 Å². The maximum absolute atomic E-state index is 13.0. The van der Waals surface area contributed by atoms with Crippen LogP contribution >= 0.6 is 11.3 Å². The van der Waals surface area contributed by atoms with Crippen LogP contribution in [-0.2, 0) is 26.6 Å². The summed E-state index contributed by atoms with van der Waals surface area (Å²) in [7, 11) is -7.04. The van der Waals surface area contributed by atoms with E-state index < -0.39 is 20.0 Å². The zero-order chi connectivity index (χ0) is 21.5. The minimum atomic E-state index is -3.56. The Labute approximate surface area is 182 Å². The monoisotopic (exact) mass is 473 g/mol. The number of furan rings is 1. The minimum Gasteiger partial charge on any atom is -0.447 e. The number of nitrogens with zero attached hydrogens (tertiary/aromatic N) is 3. The SMILES string of the molecule is Cc1cc(S(=O)(=O)N2CCN(Cc3ccc(S(=O)(=O)N4CCCC4)o3)CC2)c(C)s1. The van der Waals surface area contributed by atoms with Gasteiger partial charge in [-0.3, -0.25) is 4.90 Å². The number of piperazine rings is 1. The van der Waals surface area contributed by atoms with Gasteiger partial charge in [0.25, 0.3) is 10.0 Å². The molecule has 2 aliphatic rings. The van der Waals surface area contributed by atoms with Gasteiger partial charge in [0.2, 0.25) is 15.1 Å². The molecule has 0 aliphatic carbocycles. The average Bonchev–Trinajstić information content (AvgIpc) is 3.44. The number of hydrogen-bond donors (Lipinski definition) is 0. The summed E-state index contributed by atoms with van der Waals surface area (Å²) in [4.78, 5) is 4.30. The van der Waals surface area contributed by atoms with Gasteiger partial charge in [0.1, 0.15) is 5.76 Å². The Morgan fingerprint density at radius 1 is 0.900 bits per heavy atom. The molecule has 2 fully saturated rings. The van der Waals surface area contributed by atoms with Gasteiger partial charge in [0.15, 0.2) is 0 Å². The van der Waals surface area contributed by atoms with E-state index in [1.807, 2.05) is 13.8 Å². The smallest absolute Gasteiger partial charge is 0.276 e. The summed E-state index contributed by atoms with van der Waals surface area (Å²) in [5.74, 6) is 0.577. The van der Waals surface area contributed by atoms with Crippen molar-refractivity contribution in [1.29, 1.82) is 0 Å². The highest BCUT2D eigenvalue weighted by Crippen LogP contribution is 2.28. The Morgan fingerprint density at radius 2 is 1.53 bits per heavy atom. The van der Waals surface area contributed by atoms with Gasteiger partial charge in [0, 0.05) is 49.0 Å². The summed E-state index contributed by atoms with van der Waals surface area (Å²) < 4.78 is 59.7. The second kappa shape index (κ2) is 8.36. The van der Waals surface area contributed by atoms with Gasteiger partial charge in [0.05, 0.1) is 11.4 Å². The molecule has 0 saturated carbocycles. The van der Waals surface area contributed by atoms with Crippen molar-refractivity contribution in [3.8, 4) is 0 Å². The summed E-state index contributed by atoms with van der Waals surface area (Å²) in [5.41, 5.74) is 0. The topological polar surface area (TPSA) is 91.1 Å².